The maximum atomic E-state index is 13.2. The quantitative estimate of drug-likeness (QED) is 0.478. The van der Waals surface area contributed by atoms with Gasteiger partial charge in [-0.2, -0.15) is 0 Å². The molecule has 5 nitrogen and oxygen atoms in total. The van der Waals surface area contributed by atoms with E-state index in [9.17, 15) is 9.18 Å². The fourth-order valence-electron chi connectivity index (χ4n) is 3.33. The molecule has 1 amide bonds. The van der Waals surface area contributed by atoms with Crippen LogP contribution in [0.15, 0.2) is 91.3 Å². The van der Waals surface area contributed by atoms with Crippen LogP contribution in [0.25, 0.3) is 0 Å². The number of aromatic nitrogens is 2. The van der Waals surface area contributed by atoms with Gasteiger partial charge in [-0.25, -0.2) is 9.37 Å². The molecule has 0 unspecified atom stereocenters. The zero-order valence-electron chi connectivity index (χ0n) is 17.0. The predicted molar refractivity (Wildman–Crippen MR) is 116 cm³/mol. The van der Waals surface area contributed by atoms with Crippen LogP contribution in [0.5, 0.6) is 5.75 Å². The number of amides is 1. The number of carbonyl (C=O) groups is 1. The summed E-state index contributed by atoms with van der Waals surface area (Å²) in [6.45, 7) is 0.228. The monoisotopic (exact) mass is 415 g/mol. The van der Waals surface area contributed by atoms with Crippen LogP contribution in [-0.4, -0.2) is 15.5 Å². The molecule has 4 aromatic rings. The lowest BCUT2D eigenvalue weighted by Gasteiger charge is -2.20. The van der Waals surface area contributed by atoms with Gasteiger partial charge in [-0.3, -0.25) is 4.79 Å². The van der Waals surface area contributed by atoms with E-state index in [2.05, 4.69) is 10.3 Å². The maximum absolute atomic E-state index is 13.2. The Morgan fingerprint density at radius 1 is 1.03 bits per heavy atom. The highest BCUT2D eigenvalue weighted by Gasteiger charge is 2.23. The number of para-hydroxylation sites is 1. The summed E-state index contributed by atoms with van der Waals surface area (Å²) in [6.07, 6.45) is 3.55. The third-order valence-corrected chi connectivity index (χ3v) is 4.96. The van der Waals surface area contributed by atoms with Gasteiger partial charge >= 0.3 is 0 Å². The molecule has 0 spiro atoms. The van der Waals surface area contributed by atoms with E-state index in [1.807, 2.05) is 54.2 Å². The molecule has 0 aliphatic rings. The molecular formula is C25H22FN3O2. The molecule has 0 fully saturated rings. The molecule has 4 rings (SSSR count). The Hall–Kier alpha value is -3.93. The van der Waals surface area contributed by atoms with Crippen molar-refractivity contribution in [2.45, 2.75) is 12.6 Å². The fourth-order valence-corrected chi connectivity index (χ4v) is 3.33. The van der Waals surface area contributed by atoms with Crippen molar-refractivity contribution in [1.82, 2.24) is 14.9 Å². The molecule has 1 heterocycles. The third kappa shape index (κ3) is 4.80. The van der Waals surface area contributed by atoms with Crippen LogP contribution in [0.4, 0.5) is 4.39 Å². The summed E-state index contributed by atoms with van der Waals surface area (Å²) in [5.74, 6) is 0.608. The first-order chi connectivity index (χ1) is 15.1. The lowest BCUT2D eigenvalue weighted by molar-refractivity contribution is 0.0936. The first-order valence-corrected chi connectivity index (χ1v) is 9.91. The van der Waals surface area contributed by atoms with Gasteiger partial charge in [0.1, 0.15) is 30.0 Å². The second-order valence-corrected chi connectivity index (χ2v) is 7.12. The van der Waals surface area contributed by atoms with Crippen molar-refractivity contribution in [2.75, 3.05) is 0 Å². The highest BCUT2D eigenvalue weighted by atomic mass is 19.1. The van der Waals surface area contributed by atoms with Crippen LogP contribution < -0.4 is 10.1 Å². The Morgan fingerprint density at radius 2 is 1.74 bits per heavy atom. The van der Waals surface area contributed by atoms with E-state index in [0.29, 0.717) is 11.3 Å². The highest BCUT2D eigenvalue weighted by Crippen LogP contribution is 2.24. The smallest absolute Gasteiger partial charge is 0.255 e. The zero-order valence-corrected chi connectivity index (χ0v) is 17.0. The minimum atomic E-state index is -0.418. The number of rotatable bonds is 7. The topological polar surface area (TPSA) is 56.2 Å². The average molecular weight is 415 g/mol. The molecule has 31 heavy (non-hydrogen) atoms. The lowest BCUT2D eigenvalue weighted by atomic mass is 10.1. The number of halogens is 1. The molecule has 156 valence electrons. The first kappa shape index (κ1) is 20.3. The molecule has 0 bridgehead atoms. The van der Waals surface area contributed by atoms with Gasteiger partial charge in [0.25, 0.3) is 5.91 Å². The van der Waals surface area contributed by atoms with Gasteiger partial charge < -0.3 is 14.6 Å². The number of nitrogens with one attached hydrogen (secondary N) is 1. The van der Waals surface area contributed by atoms with E-state index >= 15 is 0 Å². The molecule has 0 radical (unpaired) electrons. The highest BCUT2D eigenvalue weighted by molar-refractivity contribution is 5.97. The van der Waals surface area contributed by atoms with Crippen molar-refractivity contribution >= 4 is 5.91 Å². The standard InChI is InChI=1S/C25H22FN3O2/c1-29-16-15-27-24(29)23(19-7-3-2-4-8-19)28-25(30)21-9-5-6-10-22(21)31-17-18-11-13-20(26)14-12-18/h2-16,23H,17H2,1H3,(H,28,30)/t23-/m0/s1. The number of aryl methyl sites for hydroxylation is 1. The molecule has 1 N–H and O–H groups in total. The maximum Gasteiger partial charge on any atom is 0.255 e. The minimum absolute atomic E-state index is 0.228. The summed E-state index contributed by atoms with van der Waals surface area (Å²) in [5, 5.41) is 3.09. The second kappa shape index (κ2) is 9.26. The summed E-state index contributed by atoms with van der Waals surface area (Å²) in [5.41, 5.74) is 2.15. The Kier molecular flexibility index (Phi) is 6.08. The van der Waals surface area contributed by atoms with Gasteiger partial charge in [0.2, 0.25) is 0 Å². The van der Waals surface area contributed by atoms with Crippen molar-refractivity contribution in [3.05, 3.63) is 120 Å². The van der Waals surface area contributed by atoms with Gasteiger partial charge in [-0.15, -0.1) is 0 Å². The van der Waals surface area contributed by atoms with E-state index < -0.39 is 6.04 Å². The summed E-state index contributed by atoms with van der Waals surface area (Å²) in [7, 11) is 1.89. The Balaban J connectivity index is 1.57. The predicted octanol–water partition coefficient (Wildman–Crippen LogP) is 4.66. The van der Waals surface area contributed by atoms with Crippen molar-refractivity contribution in [1.29, 1.82) is 0 Å². The normalized spacial score (nSPS) is 11.7. The van der Waals surface area contributed by atoms with Crippen LogP contribution in [0.2, 0.25) is 0 Å². The largest absolute Gasteiger partial charge is 0.488 e. The molecule has 6 heteroatoms. The molecule has 3 aromatic carbocycles. The van der Waals surface area contributed by atoms with Crippen LogP contribution in [0.1, 0.15) is 33.4 Å². The number of hydrogen-bond donors (Lipinski definition) is 1. The molecule has 0 aliphatic heterocycles. The zero-order chi connectivity index (χ0) is 21.6. The number of hydrogen-bond acceptors (Lipinski definition) is 3. The van der Waals surface area contributed by atoms with E-state index in [1.54, 1.807) is 36.5 Å². The van der Waals surface area contributed by atoms with Gasteiger partial charge in [0.05, 0.1) is 5.56 Å². The summed E-state index contributed by atoms with van der Waals surface area (Å²) >= 11 is 0. The number of carbonyl (C=O) groups excluding carboxylic acids is 1. The fraction of sp³-hybridized carbons (Fsp3) is 0.120. The van der Waals surface area contributed by atoms with E-state index in [0.717, 1.165) is 17.0 Å². The lowest BCUT2D eigenvalue weighted by Crippen LogP contribution is -2.31. The van der Waals surface area contributed by atoms with Crippen LogP contribution in [0.3, 0.4) is 0 Å². The SMILES string of the molecule is Cn1ccnc1[C@@H](NC(=O)c1ccccc1OCc1ccc(F)cc1)c1ccccc1. The average Bonchev–Trinajstić information content (AvgIpc) is 3.23. The van der Waals surface area contributed by atoms with Gasteiger partial charge in [-0.1, -0.05) is 54.6 Å². The summed E-state index contributed by atoms with van der Waals surface area (Å²) in [6, 6.07) is 22.4. The Bertz CT molecular complexity index is 1160. The molecule has 1 aromatic heterocycles. The molecule has 0 aliphatic carbocycles. The Morgan fingerprint density at radius 3 is 2.45 bits per heavy atom. The van der Waals surface area contributed by atoms with Gasteiger partial charge in [0.15, 0.2) is 0 Å². The minimum Gasteiger partial charge on any atom is -0.488 e. The number of imidazole rings is 1. The van der Waals surface area contributed by atoms with Crippen molar-refractivity contribution in [2.24, 2.45) is 7.05 Å². The Labute approximate surface area is 180 Å². The van der Waals surface area contributed by atoms with E-state index in [1.165, 1.54) is 12.1 Å². The van der Waals surface area contributed by atoms with Crippen LogP contribution in [-0.2, 0) is 13.7 Å². The van der Waals surface area contributed by atoms with E-state index in [-0.39, 0.29) is 18.3 Å². The summed E-state index contributed by atoms with van der Waals surface area (Å²) < 4.78 is 20.9. The van der Waals surface area contributed by atoms with Crippen LogP contribution >= 0.6 is 0 Å². The van der Waals surface area contributed by atoms with Crippen molar-refractivity contribution in [3.63, 3.8) is 0 Å². The van der Waals surface area contributed by atoms with E-state index in [4.69, 9.17) is 4.74 Å². The van der Waals surface area contributed by atoms with Crippen molar-refractivity contribution in [3.8, 4) is 5.75 Å². The van der Waals surface area contributed by atoms with Crippen molar-refractivity contribution < 1.29 is 13.9 Å². The summed E-state index contributed by atoms with van der Waals surface area (Å²) in [4.78, 5) is 17.7. The number of nitrogens with zero attached hydrogens (tertiary/aromatic N) is 2. The number of ether oxygens (including phenoxy) is 1. The van der Waals surface area contributed by atoms with Crippen LogP contribution in [0, 0.1) is 5.82 Å². The molecular weight excluding hydrogens is 393 g/mol. The molecule has 1 atom stereocenters. The second-order valence-electron chi connectivity index (χ2n) is 7.12. The van der Waals surface area contributed by atoms with Gasteiger partial charge in [0, 0.05) is 19.4 Å². The number of benzene rings is 3. The third-order valence-electron chi connectivity index (χ3n) is 4.96. The first-order valence-electron chi connectivity index (χ1n) is 9.91. The van der Waals surface area contributed by atoms with Gasteiger partial charge in [-0.05, 0) is 35.4 Å². The molecule has 0 saturated carbocycles. The molecule has 0 saturated heterocycles.